The number of benzene rings is 2. The molecule has 0 fully saturated rings. The lowest BCUT2D eigenvalue weighted by Gasteiger charge is -2.17. The summed E-state index contributed by atoms with van der Waals surface area (Å²) in [6.45, 7) is 0. The number of rotatable bonds is 1. The van der Waals surface area contributed by atoms with Gasteiger partial charge in [0, 0.05) is 23.5 Å². The van der Waals surface area contributed by atoms with E-state index in [2.05, 4.69) is 10.1 Å². The Morgan fingerprint density at radius 2 is 1.71 bits per heavy atom. The summed E-state index contributed by atoms with van der Waals surface area (Å²) in [4.78, 5) is 23.2. The largest absolute Gasteiger partial charge is 0.388 e. The molecule has 0 atom stereocenters. The summed E-state index contributed by atoms with van der Waals surface area (Å²) in [7, 11) is 1.80. The SMILES string of the molecule is CNc1ccc2c3c(cccc13)C(=O)OC2=O. The summed E-state index contributed by atoms with van der Waals surface area (Å²) in [5.41, 5.74) is 1.76. The number of anilines is 1. The zero-order chi connectivity index (χ0) is 12.0. The molecule has 0 radical (unpaired) electrons. The number of hydrogen-bond donors (Lipinski definition) is 1. The summed E-state index contributed by atoms with van der Waals surface area (Å²) < 4.78 is 4.68. The molecular weight excluding hydrogens is 218 g/mol. The first-order valence-corrected chi connectivity index (χ1v) is 5.22. The van der Waals surface area contributed by atoms with E-state index in [4.69, 9.17) is 0 Å². The van der Waals surface area contributed by atoms with Gasteiger partial charge in [-0.25, -0.2) is 9.59 Å². The summed E-state index contributed by atoms with van der Waals surface area (Å²) >= 11 is 0. The molecule has 2 aromatic rings. The molecule has 17 heavy (non-hydrogen) atoms. The first kappa shape index (κ1) is 9.84. The minimum absolute atomic E-state index is 0.439. The first-order chi connectivity index (χ1) is 8.22. The molecule has 2 aromatic carbocycles. The highest BCUT2D eigenvalue weighted by Crippen LogP contribution is 2.32. The molecule has 4 heteroatoms. The van der Waals surface area contributed by atoms with E-state index < -0.39 is 11.9 Å². The van der Waals surface area contributed by atoms with Crippen molar-refractivity contribution >= 4 is 28.4 Å². The number of cyclic esters (lactones) is 2. The van der Waals surface area contributed by atoms with Crippen LogP contribution in [0, 0.1) is 0 Å². The van der Waals surface area contributed by atoms with Gasteiger partial charge < -0.3 is 10.1 Å². The van der Waals surface area contributed by atoms with E-state index in [1.54, 1.807) is 31.3 Å². The Morgan fingerprint density at radius 1 is 1.00 bits per heavy atom. The molecule has 1 aliphatic rings. The lowest BCUT2D eigenvalue weighted by atomic mass is 9.96. The van der Waals surface area contributed by atoms with Crippen LogP contribution in [0.4, 0.5) is 5.69 Å². The van der Waals surface area contributed by atoms with E-state index in [0.717, 1.165) is 11.1 Å². The predicted molar refractivity (Wildman–Crippen MR) is 63.2 cm³/mol. The van der Waals surface area contributed by atoms with E-state index in [9.17, 15) is 9.59 Å². The van der Waals surface area contributed by atoms with Gasteiger partial charge in [0.1, 0.15) is 0 Å². The summed E-state index contributed by atoms with van der Waals surface area (Å²) in [6.07, 6.45) is 0. The Labute approximate surface area is 97.2 Å². The smallest absolute Gasteiger partial charge is 0.346 e. The van der Waals surface area contributed by atoms with Gasteiger partial charge in [-0.1, -0.05) is 12.1 Å². The van der Waals surface area contributed by atoms with Crippen LogP contribution in [0.2, 0.25) is 0 Å². The number of ether oxygens (including phenoxy) is 1. The maximum atomic E-state index is 11.6. The number of nitrogens with one attached hydrogen (secondary N) is 1. The van der Waals surface area contributed by atoms with Crippen LogP contribution in [0.1, 0.15) is 20.7 Å². The van der Waals surface area contributed by atoms with Crippen molar-refractivity contribution < 1.29 is 14.3 Å². The monoisotopic (exact) mass is 227 g/mol. The maximum Gasteiger partial charge on any atom is 0.346 e. The van der Waals surface area contributed by atoms with E-state index in [-0.39, 0.29) is 0 Å². The Morgan fingerprint density at radius 3 is 2.41 bits per heavy atom. The number of carbonyl (C=O) groups excluding carboxylic acids is 2. The molecule has 84 valence electrons. The van der Waals surface area contributed by atoms with Gasteiger partial charge in [0.25, 0.3) is 0 Å². The second kappa shape index (κ2) is 3.31. The number of hydrogen-bond acceptors (Lipinski definition) is 4. The molecule has 0 aliphatic carbocycles. The zero-order valence-corrected chi connectivity index (χ0v) is 9.11. The van der Waals surface area contributed by atoms with Crippen molar-refractivity contribution in [3.63, 3.8) is 0 Å². The van der Waals surface area contributed by atoms with Gasteiger partial charge in [-0.2, -0.15) is 0 Å². The highest BCUT2D eigenvalue weighted by molar-refractivity contribution is 6.22. The van der Waals surface area contributed by atoms with Crippen LogP contribution in [0.15, 0.2) is 30.3 Å². The third-order valence-electron chi connectivity index (χ3n) is 2.94. The highest BCUT2D eigenvalue weighted by atomic mass is 16.6. The van der Waals surface area contributed by atoms with Gasteiger partial charge >= 0.3 is 11.9 Å². The van der Waals surface area contributed by atoms with Crippen LogP contribution < -0.4 is 5.32 Å². The number of esters is 2. The molecule has 0 unspecified atom stereocenters. The fourth-order valence-corrected chi connectivity index (χ4v) is 2.16. The van der Waals surface area contributed by atoms with Crippen molar-refractivity contribution in [3.05, 3.63) is 41.5 Å². The standard InChI is InChI=1S/C13H9NO3/c1-14-10-6-5-9-11-7(10)3-2-4-8(11)12(15)17-13(9)16/h2-6,14H,1H3. The van der Waals surface area contributed by atoms with Crippen molar-refractivity contribution in [2.45, 2.75) is 0 Å². The van der Waals surface area contributed by atoms with Crippen LogP contribution in [0.5, 0.6) is 0 Å². The van der Waals surface area contributed by atoms with E-state index in [0.29, 0.717) is 16.5 Å². The van der Waals surface area contributed by atoms with Crippen molar-refractivity contribution in [2.75, 3.05) is 12.4 Å². The molecule has 0 amide bonds. The Bertz CT molecular complexity index is 641. The minimum atomic E-state index is -0.582. The fraction of sp³-hybridized carbons (Fsp3) is 0.0769. The van der Waals surface area contributed by atoms with Gasteiger partial charge in [-0.05, 0) is 18.2 Å². The quantitative estimate of drug-likeness (QED) is 0.599. The van der Waals surface area contributed by atoms with Crippen molar-refractivity contribution in [1.29, 1.82) is 0 Å². The van der Waals surface area contributed by atoms with Gasteiger partial charge in [0.05, 0.1) is 11.1 Å². The molecule has 1 aliphatic heterocycles. The molecule has 1 N–H and O–H groups in total. The van der Waals surface area contributed by atoms with Crippen LogP contribution in [-0.4, -0.2) is 19.0 Å². The molecule has 0 spiro atoms. The lowest BCUT2D eigenvalue weighted by Crippen LogP contribution is -2.19. The Balaban J connectivity index is 2.51. The van der Waals surface area contributed by atoms with E-state index in [1.807, 2.05) is 6.07 Å². The molecule has 0 saturated carbocycles. The topological polar surface area (TPSA) is 55.4 Å². The van der Waals surface area contributed by atoms with Gasteiger partial charge in [-0.15, -0.1) is 0 Å². The fourth-order valence-electron chi connectivity index (χ4n) is 2.16. The minimum Gasteiger partial charge on any atom is -0.388 e. The van der Waals surface area contributed by atoms with Crippen molar-refractivity contribution in [2.24, 2.45) is 0 Å². The Hall–Kier alpha value is -2.36. The van der Waals surface area contributed by atoms with Crippen LogP contribution in [0.25, 0.3) is 10.8 Å². The Kier molecular flexibility index (Phi) is 1.92. The van der Waals surface area contributed by atoms with Gasteiger partial charge in [0.2, 0.25) is 0 Å². The molecular formula is C13H9NO3. The molecule has 3 rings (SSSR count). The lowest BCUT2D eigenvalue weighted by molar-refractivity contribution is 0.0391. The van der Waals surface area contributed by atoms with Crippen LogP contribution >= 0.6 is 0 Å². The highest BCUT2D eigenvalue weighted by Gasteiger charge is 2.27. The summed E-state index contributed by atoms with van der Waals surface area (Å²) in [6, 6.07) is 8.80. The van der Waals surface area contributed by atoms with Gasteiger partial charge in [-0.3, -0.25) is 0 Å². The third kappa shape index (κ3) is 1.24. The second-order valence-electron chi connectivity index (χ2n) is 3.82. The number of carbonyl (C=O) groups is 2. The van der Waals surface area contributed by atoms with Crippen LogP contribution in [-0.2, 0) is 4.74 Å². The third-order valence-corrected chi connectivity index (χ3v) is 2.94. The summed E-state index contributed by atoms with van der Waals surface area (Å²) in [5, 5.41) is 4.56. The first-order valence-electron chi connectivity index (χ1n) is 5.22. The second-order valence-corrected chi connectivity index (χ2v) is 3.82. The van der Waals surface area contributed by atoms with Crippen molar-refractivity contribution in [3.8, 4) is 0 Å². The van der Waals surface area contributed by atoms with E-state index >= 15 is 0 Å². The molecule has 1 heterocycles. The zero-order valence-electron chi connectivity index (χ0n) is 9.11. The van der Waals surface area contributed by atoms with Crippen molar-refractivity contribution in [1.82, 2.24) is 0 Å². The molecule has 4 nitrogen and oxygen atoms in total. The predicted octanol–water partition coefficient (Wildman–Crippen LogP) is 2.19. The molecule has 0 bridgehead atoms. The average molecular weight is 227 g/mol. The molecule has 0 saturated heterocycles. The normalized spacial score (nSPS) is 13.7. The van der Waals surface area contributed by atoms with Crippen LogP contribution in [0.3, 0.4) is 0 Å². The van der Waals surface area contributed by atoms with Gasteiger partial charge in [0.15, 0.2) is 0 Å². The summed E-state index contributed by atoms with van der Waals surface area (Å²) in [5.74, 6) is -1.16. The van der Waals surface area contributed by atoms with E-state index in [1.165, 1.54) is 0 Å². The molecule has 0 aromatic heterocycles. The maximum absolute atomic E-state index is 11.6. The average Bonchev–Trinajstić information content (AvgIpc) is 2.35.